The van der Waals surface area contributed by atoms with Crippen molar-refractivity contribution in [3.05, 3.63) is 63.9 Å². The van der Waals surface area contributed by atoms with Crippen molar-refractivity contribution in [2.45, 2.75) is 17.4 Å². The zero-order chi connectivity index (χ0) is 15.2. The molecular weight excluding hydrogens is 330 g/mol. The minimum atomic E-state index is -0.339. The average molecular weight is 345 g/mol. The molecule has 6 heteroatoms. The molecule has 2 nitrogen and oxygen atoms in total. The van der Waals surface area contributed by atoms with Crippen molar-refractivity contribution in [2.75, 3.05) is 5.75 Å². The van der Waals surface area contributed by atoms with Gasteiger partial charge in [-0.25, -0.2) is 4.39 Å². The van der Waals surface area contributed by atoms with Gasteiger partial charge in [-0.1, -0.05) is 35.3 Å². The largest absolute Gasteiger partial charge is 0.271 e. The highest BCUT2D eigenvalue weighted by Crippen LogP contribution is 2.24. The van der Waals surface area contributed by atoms with Gasteiger partial charge in [-0.15, -0.1) is 11.8 Å². The van der Waals surface area contributed by atoms with Gasteiger partial charge in [-0.05, 0) is 42.3 Å². The Hall–Kier alpha value is -0.780. The van der Waals surface area contributed by atoms with E-state index in [4.69, 9.17) is 29.0 Å². The predicted molar refractivity (Wildman–Crippen MR) is 88.4 cm³/mol. The lowest BCUT2D eigenvalue weighted by Gasteiger charge is -2.16. The maximum atomic E-state index is 13.0. The third-order valence-corrected chi connectivity index (χ3v) is 4.71. The number of hydrogen-bond donors (Lipinski definition) is 2. The molecule has 1 unspecified atom stereocenters. The van der Waals surface area contributed by atoms with Crippen molar-refractivity contribution in [1.82, 2.24) is 5.43 Å². The van der Waals surface area contributed by atoms with Gasteiger partial charge in [0, 0.05) is 26.7 Å². The molecule has 0 saturated carbocycles. The summed E-state index contributed by atoms with van der Waals surface area (Å²) in [5.74, 6) is 6.00. The Morgan fingerprint density at radius 3 is 2.67 bits per heavy atom. The number of nitrogens with two attached hydrogens (primary N) is 1. The summed E-state index contributed by atoms with van der Waals surface area (Å²) >= 11 is 13.6. The number of nitrogens with one attached hydrogen (secondary N) is 1. The van der Waals surface area contributed by atoms with Crippen LogP contribution in [0.15, 0.2) is 47.4 Å². The van der Waals surface area contributed by atoms with Crippen LogP contribution in [0.3, 0.4) is 0 Å². The monoisotopic (exact) mass is 344 g/mol. The van der Waals surface area contributed by atoms with Gasteiger partial charge in [0.2, 0.25) is 0 Å². The van der Waals surface area contributed by atoms with Crippen LogP contribution in [0.25, 0.3) is 0 Å². The predicted octanol–water partition coefficient (Wildman–Crippen LogP) is 4.30. The lowest BCUT2D eigenvalue weighted by molar-refractivity contribution is 0.574. The second kappa shape index (κ2) is 8.01. The maximum Gasteiger partial charge on any atom is 0.124 e. The van der Waals surface area contributed by atoms with Crippen LogP contribution in [0.4, 0.5) is 4.39 Å². The van der Waals surface area contributed by atoms with Gasteiger partial charge >= 0.3 is 0 Å². The van der Waals surface area contributed by atoms with E-state index in [1.54, 1.807) is 17.8 Å². The Balaban J connectivity index is 1.97. The van der Waals surface area contributed by atoms with E-state index in [9.17, 15) is 4.39 Å². The molecule has 2 aromatic rings. The van der Waals surface area contributed by atoms with E-state index in [2.05, 4.69) is 5.43 Å². The first-order valence-corrected chi connectivity index (χ1v) is 8.11. The minimum absolute atomic E-state index is 0.0249. The lowest BCUT2D eigenvalue weighted by atomic mass is 10.1. The summed E-state index contributed by atoms with van der Waals surface area (Å²) in [6.07, 6.45) is 0.628. The van der Waals surface area contributed by atoms with Gasteiger partial charge in [0.1, 0.15) is 5.82 Å². The lowest BCUT2D eigenvalue weighted by Crippen LogP contribution is -2.38. The molecule has 0 fully saturated rings. The van der Waals surface area contributed by atoms with Crippen molar-refractivity contribution in [3.8, 4) is 0 Å². The second-order valence-corrected chi connectivity index (χ2v) is 6.51. The highest BCUT2D eigenvalue weighted by atomic mass is 35.5. The third-order valence-electron chi connectivity index (χ3n) is 2.96. The van der Waals surface area contributed by atoms with Crippen LogP contribution in [0, 0.1) is 5.82 Å². The Labute approximate surface area is 137 Å². The zero-order valence-electron chi connectivity index (χ0n) is 11.2. The van der Waals surface area contributed by atoms with Crippen molar-refractivity contribution in [1.29, 1.82) is 0 Å². The molecule has 0 bridgehead atoms. The summed E-state index contributed by atoms with van der Waals surface area (Å²) in [7, 11) is 0. The van der Waals surface area contributed by atoms with Crippen LogP contribution in [0.2, 0.25) is 10.0 Å². The van der Waals surface area contributed by atoms with Gasteiger partial charge in [0.15, 0.2) is 0 Å². The van der Waals surface area contributed by atoms with Gasteiger partial charge in [0.05, 0.1) is 0 Å². The fraction of sp³-hybridized carbons (Fsp3) is 0.200. The van der Waals surface area contributed by atoms with Crippen molar-refractivity contribution in [2.24, 2.45) is 5.84 Å². The fourth-order valence-corrected chi connectivity index (χ4v) is 3.36. The third kappa shape index (κ3) is 5.16. The average Bonchev–Trinajstić information content (AvgIpc) is 2.45. The van der Waals surface area contributed by atoms with Crippen molar-refractivity contribution < 1.29 is 4.39 Å². The molecule has 0 aliphatic rings. The molecule has 0 heterocycles. The van der Waals surface area contributed by atoms with Crippen LogP contribution in [-0.4, -0.2) is 11.8 Å². The Kier molecular flexibility index (Phi) is 6.33. The molecule has 21 heavy (non-hydrogen) atoms. The maximum absolute atomic E-state index is 13.0. The van der Waals surface area contributed by atoms with E-state index >= 15 is 0 Å². The summed E-state index contributed by atoms with van der Waals surface area (Å²) in [5.41, 5.74) is 3.64. The molecule has 3 N–H and O–H groups in total. The molecule has 112 valence electrons. The zero-order valence-corrected chi connectivity index (χ0v) is 13.5. The van der Waals surface area contributed by atoms with E-state index in [0.29, 0.717) is 16.5 Å². The van der Waals surface area contributed by atoms with Crippen LogP contribution in [-0.2, 0) is 6.42 Å². The molecule has 2 aromatic carbocycles. The summed E-state index contributed by atoms with van der Waals surface area (Å²) < 4.78 is 13.0. The van der Waals surface area contributed by atoms with E-state index in [1.165, 1.54) is 12.1 Å². The number of halogens is 3. The summed E-state index contributed by atoms with van der Waals surface area (Å²) in [6.45, 7) is 0. The number of rotatable bonds is 6. The number of benzene rings is 2. The molecule has 0 aliphatic carbocycles. The summed E-state index contributed by atoms with van der Waals surface area (Å²) in [6, 6.07) is 12.1. The molecule has 0 amide bonds. The van der Waals surface area contributed by atoms with Gasteiger partial charge in [-0.2, -0.15) is 0 Å². The first kappa shape index (κ1) is 16.6. The van der Waals surface area contributed by atoms with Gasteiger partial charge in [0.25, 0.3) is 0 Å². The number of thioether (sulfide) groups is 1. The Bertz CT molecular complexity index is 610. The topological polar surface area (TPSA) is 38.0 Å². The molecule has 0 spiro atoms. The van der Waals surface area contributed by atoms with Crippen molar-refractivity contribution in [3.63, 3.8) is 0 Å². The summed E-state index contributed by atoms with van der Waals surface area (Å²) in [4.78, 5) is 1.08. The van der Waals surface area contributed by atoms with E-state index in [0.717, 1.165) is 16.2 Å². The Morgan fingerprint density at radius 2 is 2.00 bits per heavy atom. The second-order valence-electron chi connectivity index (χ2n) is 4.57. The minimum Gasteiger partial charge on any atom is -0.271 e. The van der Waals surface area contributed by atoms with E-state index in [-0.39, 0.29) is 11.9 Å². The van der Waals surface area contributed by atoms with Crippen LogP contribution in [0.5, 0.6) is 0 Å². The molecule has 2 rings (SSSR count). The summed E-state index contributed by atoms with van der Waals surface area (Å²) in [5, 5.41) is 1.13. The Morgan fingerprint density at radius 1 is 1.19 bits per heavy atom. The van der Waals surface area contributed by atoms with Crippen molar-refractivity contribution >= 4 is 35.0 Å². The van der Waals surface area contributed by atoms with Gasteiger partial charge < -0.3 is 0 Å². The first-order chi connectivity index (χ1) is 10.1. The first-order valence-electron chi connectivity index (χ1n) is 6.37. The van der Waals surface area contributed by atoms with Gasteiger partial charge in [-0.3, -0.25) is 11.3 Å². The van der Waals surface area contributed by atoms with Crippen LogP contribution < -0.4 is 11.3 Å². The standard InChI is InChI=1S/C15H15Cl2FN2S/c16-11-2-1-3-14(7-11)21-9-13(20-19)6-10-4-5-12(18)8-15(10)17/h1-5,7-8,13,20H,6,9,19H2. The molecule has 0 saturated heterocycles. The highest BCUT2D eigenvalue weighted by molar-refractivity contribution is 7.99. The van der Waals surface area contributed by atoms with E-state index < -0.39 is 0 Å². The highest BCUT2D eigenvalue weighted by Gasteiger charge is 2.11. The quantitative estimate of drug-likeness (QED) is 0.466. The molecule has 0 radical (unpaired) electrons. The SMILES string of the molecule is NNC(CSc1cccc(Cl)c1)Cc1ccc(F)cc1Cl. The molecule has 0 aliphatic heterocycles. The number of hydrazine groups is 1. The molecule has 0 aromatic heterocycles. The normalized spacial score (nSPS) is 12.4. The number of hydrogen-bond acceptors (Lipinski definition) is 3. The van der Waals surface area contributed by atoms with Crippen LogP contribution in [0.1, 0.15) is 5.56 Å². The molecule has 1 atom stereocenters. The smallest absolute Gasteiger partial charge is 0.124 e. The molecular formula is C15H15Cl2FN2S. The fourth-order valence-electron chi connectivity index (χ4n) is 1.87. The van der Waals surface area contributed by atoms with E-state index in [1.807, 2.05) is 24.3 Å². The van der Waals surface area contributed by atoms with Crippen LogP contribution >= 0.6 is 35.0 Å².